The average molecular weight is 422 g/mol. The number of aliphatic hydroxyl groups is 1. The fourth-order valence-electron chi connectivity index (χ4n) is 4.09. The number of hydrogen-bond acceptors (Lipinski definition) is 5. The molecule has 1 N–H and O–H groups in total. The lowest BCUT2D eigenvalue weighted by Gasteiger charge is -2.29. The molecule has 0 spiro atoms. The Morgan fingerprint density at radius 3 is 2.09 bits per heavy atom. The van der Waals surface area contributed by atoms with E-state index in [0.717, 1.165) is 16.8 Å². The molecular formula is C26H22N4O2. The van der Waals surface area contributed by atoms with Gasteiger partial charge in [-0.2, -0.15) is 5.10 Å². The summed E-state index contributed by atoms with van der Waals surface area (Å²) in [5.74, 6) is 0.713. The fraction of sp³-hybridized carbons (Fsp3) is 0.115. The number of ether oxygens (including phenoxy) is 1. The molecule has 32 heavy (non-hydrogen) atoms. The van der Waals surface area contributed by atoms with Crippen LogP contribution in [-0.2, 0) is 5.60 Å². The Morgan fingerprint density at radius 1 is 0.812 bits per heavy atom. The van der Waals surface area contributed by atoms with Crippen molar-refractivity contribution in [2.24, 2.45) is 0 Å². The summed E-state index contributed by atoms with van der Waals surface area (Å²) in [6, 6.07) is 26.7. The Morgan fingerprint density at radius 2 is 1.44 bits per heavy atom. The van der Waals surface area contributed by atoms with Crippen LogP contribution in [0.5, 0.6) is 5.75 Å². The summed E-state index contributed by atoms with van der Waals surface area (Å²) in [4.78, 5) is 9.12. The van der Waals surface area contributed by atoms with Crippen molar-refractivity contribution < 1.29 is 9.84 Å². The van der Waals surface area contributed by atoms with Crippen LogP contribution in [0.25, 0.3) is 16.7 Å². The average Bonchev–Trinajstić information content (AvgIpc) is 3.21. The number of benzene rings is 3. The van der Waals surface area contributed by atoms with E-state index in [1.807, 2.05) is 91.9 Å². The molecule has 0 saturated heterocycles. The maximum atomic E-state index is 12.3. The molecule has 1 atom stereocenters. The fourth-order valence-corrected chi connectivity index (χ4v) is 4.09. The van der Waals surface area contributed by atoms with E-state index in [0.29, 0.717) is 28.2 Å². The molecule has 1 unspecified atom stereocenters. The number of rotatable bonds is 5. The highest BCUT2D eigenvalue weighted by Gasteiger charge is 2.38. The van der Waals surface area contributed by atoms with Crippen LogP contribution >= 0.6 is 0 Å². The monoisotopic (exact) mass is 422 g/mol. The van der Waals surface area contributed by atoms with Crippen LogP contribution in [0.1, 0.15) is 22.5 Å². The molecule has 0 aliphatic carbocycles. The van der Waals surface area contributed by atoms with E-state index in [4.69, 9.17) is 9.84 Å². The first-order chi connectivity index (χ1) is 15.6. The molecule has 2 heterocycles. The Hall–Kier alpha value is -4.03. The van der Waals surface area contributed by atoms with Crippen molar-refractivity contribution in [3.05, 3.63) is 114 Å². The molecule has 0 bridgehead atoms. The zero-order valence-electron chi connectivity index (χ0n) is 17.8. The highest BCUT2D eigenvalue weighted by molar-refractivity contribution is 5.84. The van der Waals surface area contributed by atoms with Crippen molar-refractivity contribution in [2.45, 2.75) is 12.5 Å². The summed E-state index contributed by atoms with van der Waals surface area (Å²) >= 11 is 0. The predicted octanol–water partition coefficient (Wildman–Crippen LogP) is 4.42. The van der Waals surface area contributed by atoms with Gasteiger partial charge in [0.05, 0.1) is 29.6 Å². The number of aromatic nitrogens is 4. The van der Waals surface area contributed by atoms with Gasteiger partial charge in [-0.25, -0.2) is 14.6 Å². The van der Waals surface area contributed by atoms with Crippen molar-refractivity contribution in [3.63, 3.8) is 0 Å². The van der Waals surface area contributed by atoms with Crippen LogP contribution in [-0.4, -0.2) is 32.0 Å². The van der Waals surface area contributed by atoms with Gasteiger partial charge in [-0.1, -0.05) is 60.7 Å². The summed E-state index contributed by atoms with van der Waals surface area (Å²) in [7, 11) is 1.62. The summed E-state index contributed by atoms with van der Waals surface area (Å²) in [5, 5.41) is 17.8. The lowest BCUT2D eigenvalue weighted by Crippen LogP contribution is -2.30. The van der Waals surface area contributed by atoms with Crippen LogP contribution in [0, 0.1) is 6.92 Å². The summed E-state index contributed by atoms with van der Waals surface area (Å²) in [6.07, 6.45) is 1.48. The maximum absolute atomic E-state index is 12.3. The third-order valence-electron chi connectivity index (χ3n) is 5.68. The van der Waals surface area contributed by atoms with Gasteiger partial charge in [0.25, 0.3) is 0 Å². The van der Waals surface area contributed by atoms with Gasteiger partial charge in [-0.3, -0.25) is 0 Å². The van der Waals surface area contributed by atoms with Crippen molar-refractivity contribution >= 4 is 11.0 Å². The standard InChI is InChI=1S/C26H22N4O2/c1-18-23-24(27-17-28-25(23)30(29-18)21-11-7-4-8-12-21)26(31,19-9-5-3-6-10-19)20-13-15-22(32-2)16-14-20/h3-17,31H,1-2H3. The summed E-state index contributed by atoms with van der Waals surface area (Å²) in [6.45, 7) is 1.91. The first-order valence-electron chi connectivity index (χ1n) is 10.3. The van der Waals surface area contributed by atoms with Crippen molar-refractivity contribution in [1.29, 1.82) is 0 Å². The van der Waals surface area contributed by atoms with E-state index >= 15 is 0 Å². The van der Waals surface area contributed by atoms with E-state index in [9.17, 15) is 5.11 Å². The van der Waals surface area contributed by atoms with Crippen LogP contribution in [0.3, 0.4) is 0 Å². The topological polar surface area (TPSA) is 73.1 Å². The minimum absolute atomic E-state index is 0.485. The van der Waals surface area contributed by atoms with Crippen LogP contribution in [0.2, 0.25) is 0 Å². The highest BCUT2D eigenvalue weighted by Crippen LogP contribution is 2.40. The number of aryl methyl sites for hydroxylation is 1. The zero-order chi connectivity index (χ0) is 22.1. The Kier molecular flexibility index (Phi) is 4.92. The van der Waals surface area contributed by atoms with E-state index in [2.05, 4.69) is 9.97 Å². The van der Waals surface area contributed by atoms with E-state index in [-0.39, 0.29) is 0 Å². The van der Waals surface area contributed by atoms with Crippen LogP contribution in [0.15, 0.2) is 91.3 Å². The van der Waals surface area contributed by atoms with Gasteiger partial charge in [0.1, 0.15) is 12.1 Å². The quantitative estimate of drug-likeness (QED) is 0.454. The number of para-hydroxylation sites is 1. The van der Waals surface area contributed by atoms with E-state index < -0.39 is 5.60 Å². The molecule has 0 radical (unpaired) electrons. The maximum Gasteiger partial charge on any atom is 0.166 e. The first-order valence-corrected chi connectivity index (χ1v) is 10.3. The molecule has 0 amide bonds. The second-order valence-electron chi connectivity index (χ2n) is 7.56. The lowest BCUT2D eigenvalue weighted by molar-refractivity contribution is 0.122. The number of nitrogens with zero attached hydrogens (tertiary/aromatic N) is 4. The molecule has 6 nitrogen and oxygen atoms in total. The Bertz CT molecular complexity index is 1370. The molecule has 0 aliphatic rings. The normalized spacial score (nSPS) is 13.1. The van der Waals surface area contributed by atoms with Crippen LogP contribution in [0.4, 0.5) is 0 Å². The molecular weight excluding hydrogens is 400 g/mol. The molecule has 2 aromatic heterocycles. The van der Waals surface area contributed by atoms with Gasteiger partial charge in [0.2, 0.25) is 0 Å². The predicted molar refractivity (Wildman–Crippen MR) is 123 cm³/mol. The molecule has 0 fully saturated rings. The minimum atomic E-state index is -1.51. The molecule has 0 aliphatic heterocycles. The lowest BCUT2D eigenvalue weighted by atomic mass is 9.82. The smallest absolute Gasteiger partial charge is 0.166 e. The number of hydrogen-bond donors (Lipinski definition) is 1. The molecule has 5 aromatic rings. The molecule has 158 valence electrons. The summed E-state index contributed by atoms with van der Waals surface area (Å²) in [5.41, 5.74) is 2.63. The number of fused-ring (bicyclic) bond motifs is 1. The van der Waals surface area contributed by atoms with Gasteiger partial charge < -0.3 is 9.84 Å². The van der Waals surface area contributed by atoms with Gasteiger partial charge in [0.15, 0.2) is 11.2 Å². The minimum Gasteiger partial charge on any atom is -0.497 e. The van der Waals surface area contributed by atoms with Crippen molar-refractivity contribution in [3.8, 4) is 11.4 Å². The zero-order valence-corrected chi connectivity index (χ0v) is 17.8. The van der Waals surface area contributed by atoms with Crippen molar-refractivity contribution in [1.82, 2.24) is 19.7 Å². The number of methoxy groups -OCH3 is 1. The van der Waals surface area contributed by atoms with Gasteiger partial charge in [-0.05, 0) is 42.3 Å². The van der Waals surface area contributed by atoms with E-state index in [1.165, 1.54) is 6.33 Å². The SMILES string of the molecule is COc1ccc(C(O)(c2ccccc2)c2ncnc3c2c(C)nn3-c2ccccc2)cc1. The van der Waals surface area contributed by atoms with Crippen LogP contribution < -0.4 is 4.74 Å². The highest BCUT2D eigenvalue weighted by atomic mass is 16.5. The van der Waals surface area contributed by atoms with E-state index in [1.54, 1.807) is 11.8 Å². The first kappa shape index (κ1) is 19.9. The molecule has 3 aromatic carbocycles. The summed E-state index contributed by atoms with van der Waals surface area (Å²) < 4.78 is 7.10. The largest absolute Gasteiger partial charge is 0.497 e. The second-order valence-corrected chi connectivity index (χ2v) is 7.56. The third kappa shape index (κ3) is 3.13. The van der Waals surface area contributed by atoms with Gasteiger partial charge in [0, 0.05) is 0 Å². The van der Waals surface area contributed by atoms with Gasteiger partial charge >= 0.3 is 0 Å². The molecule has 0 saturated carbocycles. The second kappa shape index (κ2) is 7.90. The Labute approximate surface area is 185 Å². The molecule has 6 heteroatoms. The van der Waals surface area contributed by atoms with Gasteiger partial charge in [-0.15, -0.1) is 0 Å². The Balaban J connectivity index is 1.81. The molecule has 5 rings (SSSR count). The van der Waals surface area contributed by atoms with Crippen molar-refractivity contribution in [2.75, 3.05) is 7.11 Å². The third-order valence-corrected chi connectivity index (χ3v) is 5.68.